The summed E-state index contributed by atoms with van der Waals surface area (Å²) < 4.78 is 11.4. The Bertz CT molecular complexity index is 1080. The second-order valence-electron chi connectivity index (χ2n) is 12.7. The molecular weight excluding hydrogens is 552 g/mol. The van der Waals surface area contributed by atoms with E-state index in [4.69, 9.17) is 9.47 Å². The van der Waals surface area contributed by atoms with Crippen molar-refractivity contribution in [2.75, 3.05) is 6.54 Å². The van der Waals surface area contributed by atoms with Gasteiger partial charge < -0.3 is 35.5 Å². The van der Waals surface area contributed by atoms with Crippen molar-refractivity contribution in [2.24, 2.45) is 11.8 Å². The Morgan fingerprint density at radius 1 is 0.977 bits per heavy atom. The second-order valence-corrected chi connectivity index (χ2v) is 12.7. The first-order valence-electron chi connectivity index (χ1n) is 15.4. The Morgan fingerprint density at radius 2 is 1.67 bits per heavy atom. The van der Waals surface area contributed by atoms with Crippen LogP contribution in [0.5, 0.6) is 0 Å². The zero-order chi connectivity index (χ0) is 31.4. The third-order valence-corrected chi connectivity index (χ3v) is 7.90. The van der Waals surface area contributed by atoms with Crippen LogP contribution >= 0.6 is 0 Å². The summed E-state index contributed by atoms with van der Waals surface area (Å²) in [5, 5.41) is 11.0. The molecule has 3 rings (SSSR count). The van der Waals surface area contributed by atoms with Gasteiger partial charge in [0.1, 0.15) is 25.0 Å². The lowest BCUT2D eigenvalue weighted by Crippen LogP contribution is -2.59. The fourth-order valence-corrected chi connectivity index (χ4v) is 5.77. The van der Waals surface area contributed by atoms with Gasteiger partial charge in [0.05, 0.1) is 17.7 Å². The predicted molar refractivity (Wildman–Crippen MR) is 161 cm³/mol. The van der Waals surface area contributed by atoms with Crippen LogP contribution in [0.25, 0.3) is 0 Å². The molecule has 5 atom stereocenters. The summed E-state index contributed by atoms with van der Waals surface area (Å²) >= 11 is 0. The molecule has 2 unspecified atom stereocenters. The minimum atomic E-state index is -1.16. The van der Waals surface area contributed by atoms with Crippen LogP contribution in [0, 0.1) is 11.8 Å². The number of carbonyl (C=O) groups is 5. The van der Waals surface area contributed by atoms with Crippen molar-refractivity contribution in [3.63, 3.8) is 0 Å². The standard InChI is InChI=1S/C32H48N4O7/c1-21(43-32(2,3)4)27(36-31(41)42-20-23-13-9-6-10-14-23)30(40)35-26(17-22-11-7-5-8-12-22)29(39)34-25(19-37)18-24-15-16-33-28(24)38/h6,9-10,13-14,19,21-22,24-27H,5,7-8,11-12,15-18,20H2,1-4H3,(H,33,38)(H,34,39)(H,35,40)(H,36,41)/t21?,24?,25-,26-,27-/m0/s1. The molecule has 1 aliphatic heterocycles. The maximum Gasteiger partial charge on any atom is 0.408 e. The van der Waals surface area contributed by atoms with E-state index in [0.29, 0.717) is 25.7 Å². The van der Waals surface area contributed by atoms with Crippen LogP contribution in [0.15, 0.2) is 30.3 Å². The number of aldehydes is 1. The Balaban J connectivity index is 1.73. The van der Waals surface area contributed by atoms with Crippen molar-refractivity contribution in [3.05, 3.63) is 35.9 Å². The molecule has 0 bridgehead atoms. The minimum Gasteiger partial charge on any atom is -0.445 e. The molecule has 0 spiro atoms. The molecule has 1 saturated carbocycles. The van der Waals surface area contributed by atoms with Crippen LogP contribution in [0.3, 0.4) is 0 Å². The number of amides is 4. The number of alkyl carbamates (subject to hydrolysis) is 1. The van der Waals surface area contributed by atoms with E-state index in [2.05, 4.69) is 21.3 Å². The van der Waals surface area contributed by atoms with E-state index in [1.807, 2.05) is 51.1 Å². The van der Waals surface area contributed by atoms with Gasteiger partial charge in [-0.1, -0.05) is 62.4 Å². The highest BCUT2D eigenvalue weighted by molar-refractivity contribution is 5.92. The van der Waals surface area contributed by atoms with Gasteiger partial charge in [-0.05, 0) is 58.4 Å². The molecule has 2 fully saturated rings. The quantitative estimate of drug-likeness (QED) is 0.240. The maximum absolute atomic E-state index is 13.7. The van der Waals surface area contributed by atoms with E-state index in [9.17, 15) is 24.0 Å². The van der Waals surface area contributed by atoms with Crippen molar-refractivity contribution in [3.8, 4) is 0 Å². The van der Waals surface area contributed by atoms with Gasteiger partial charge in [-0.15, -0.1) is 0 Å². The Kier molecular flexibility index (Phi) is 13.0. The molecule has 4 amide bonds. The average molecular weight is 601 g/mol. The molecule has 1 aliphatic carbocycles. The molecule has 4 N–H and O–H groups in total. The molecule has 0 aromatic heterocycles. The van der Waals surface area contributed by atoms with Crippen LogP contribution in [-0.4, -0.2) is 66.5 Å². The number of ether oxygens (including phenoxy) is 2. The molecule has 0 radical (unpaired) electrons. The second kappa shape index (κ2) is 16.4. The predicted octanol–water partition coefficient (Wildman–Crippen LogP) is 3.15. The smallest absolute Gasteiger partial charge is 0.408 e. The summed E-state index contributed by atoms with van der Waals surface area (Å²) in [5.41, 5.74) is 0.178. The van der Waals surface area contributed by atoms with Gasteiger partial charge in [0.25, 0.3) is 0 Å². The normalized spacial score (nSPS) is 20.2. The van der Waals surface area contributed by atoms with Gasteiger partial charge in [-0.3, -0.25) is 14.4 Å². The lowest BCUT2D eigenvalue weighted by molar-refractivity contribution is -0.136. The number of nitrogens with one attached hydrogen (secondary N) is 4. The Hall–Kier alpha value is -3.47. The van der Waals surface area contributed by atoms with E-state index in [1.54, 1.807) is 6.92 Å². The minimum absolute atomic E-state index is 0.0222. The molecule has 1 aromatic rings. The molecule has 2 aliphatic rings. The van der Waals surface area contributed by atoms with Crippen LogP contribution < -0.4 is 21.3 Å². The van der Waals surface area contributed by atoms with E-state index in [-0.39, 0.29) is 30.8 Å². The number of hydrogen-bond acceptors (Lipinski definition) is 7. The third-order valence-electron chi connectivity index (χ3n) is 7.90. The largest absolute Gasteiger partial charge is 0.445 e. The number of benzene rings is 1. The lowest BCUT2D eigenvalue weighted by Gasteiger charge is -2.32. The van der Waals surface area contributed by atoms with Gasteiger partial charge in [0, 0.05) is 12.5 Å². The van der Waals surface area contributed by atoms with Crippen molar-refractivity contribution in [1.29, 1.82) is 0 Å². The van der Waals surface area contributed by atoms with Crippen molar-refractivity contribution >= 4 is 30.1 Å². The maximum atomic E-state index is 13.7. The van der Waals surface area contributed by atoms with Gasteiger partial charge in [-0.2, -0.15) is 0 Å². The number of rotatable bonds is 14. The molecule has 11 nitrogen and oxygen atoms in total. The van der Waals surface area contributed by atoms with Gasteiger partial charge >= 0.3 is 6.09 Å². The van der Waals surface area contributed by atoms with E-state index in [0.717, 1.165) is 37.7 Å². The lowest BCUT2D eigenvalue weighted by atomic mass is 9.84. The average Bonchev–Trinajstić information content (AvgIpc) is 3.37. The summed E-state index contributed by atoms with van der Waals surface area (Å²) in [6.45, 7) is 7.77. The monoisotopic (exact) mass is 600 g/mol. The van der Waals surface area contributed by atoms with E-state index >= 15 is 0 Å². The summed E-state index contributed by atoms with van der Waals surface area (Å²) in [5.74, 6) is -1.35. The first kappa shape index (κ1) is 34.0. The van der Waals surface area contributed by atoms with Crippen molar-refractivity contribution in [1.82, 2.24) is 21.3 Å². The fraction of sp³-hybridized carbons (Fsp3) is 0.656. The molecule has 1 heterocycles. The highest BCUT2D eigenvalue weighted by Crippen LogP contribution is 2.28. The fourth-order valence-electron chi connectivity index (χ4n) is 5.77. The van der Waals surface area contributed by atoms with Crippen LogP contribution in [0.2, 0.25) is 0 Å². The molecule has 43 heavy (non-hydrogen) atoms. The highest BCUT2D eigenvalue weighted by atomic mass is 16.6. The summed E-state index contributed by atoms with van der Waals surface area (Å²) in [7, 11) is 0. The van der Waals surface area contributed by atoms with E-state index in [1.165, 1.54) is 0 Å². The van der Waals surface area contributed by atoms with Gasteiger partial charge in [0.15, 0.2) is 0 Å². The van der Waals surface area contributed by atoms with Gasteiger partial charge in [0.2, 0.25) is 17.7 Å². The van der Waals surface area contributed by atoms with Crippen LogP contribution in [0.4, 0.5) is 4.79 Å². The highest BCUT2D eigenvalue weighted by Gasteiger charge is 2.36. The first-order valence-corrected chi connectivity index (χ1v) is 15.4. The molecule has 238 valence electrons. The Morgan fingerprint density at radius 3 is 2.28 bits per heavy atom. The summed E-state index contributed by atoms with van der Waals surface area (Å²) in [4.78, 5) is 64.0. The van der Waals surface area contributed by atoms with E-state index < -0.39 is 47.7 Å². The zero-order valence-corrected chi connectivity index (χ0v) is 25.9. The zero-order valence-electron chi connectivity index (χ0n) is 25.9. The summed E-state index contributed by atoms with van der Waals surface area (Å²) in [6, 6.07) is 6.21. The van der Waals surface area contributed by atoms with Crippen molar-refractivity contribution in [2.45, 2.75) is 115 Å². The molecule has 11 heteroatoms. The van der Waals surface area contributed by atoms with Crippen LogP contribution in [0.1, 0.15) is 84.6 Å². The van der Waals surface area contributed by atoms with Gasteiger partial charge in [-0.25, -0.2) is 4.79 Å². The topological polar surface area (TPSA) is 152 Å². The SMILES string of the molecule is CC(OC(C)(C)C)[C@H](NC(=O)OCc1ccccc1)C(=O)N[C@@H](CC1CCCCC1)C(=O)N[C@H](C=O)CC1CCNC1=O. The number of carbonyl (C=O) groups excluding carboxylic acids is 5. The molecule has 1 aromatic carbocycles. The van der Waals surface area contributed by atoms with Crippen molar-refractivity contribution < 1.29 is 33.4 Å². The van der Waals surface area contributed by atoms with Crippen LogP contribution in [-0.2, 0) is 35.3 Å². The third kappa shape index (κ3) is 11.6. The Labute approximate surface area is 254 Å². The first-order chi connectivity index (χ1) is 20.4. The molecular formula is C32H48N4O7. The number of hydrogen-bond donors (Lipinski definition) is 4. The summed E-state index contributed by atoms with van der Waals surface area (Å²) in [6.07, 6.45) is 5.38. The molecule has 1 saturated heterocycles.